The maximum absolute atomic E-state index is 13.9. The van der Waals surface area contributed by atoms with Crippen molar-refractivity contribution < 1.29 is 23.1 Å². The highest BCUT2D eigenvalue weighted by Gasteiger charge is 2.14. The summed E-state index contributed by atoms with van der Waals surface area (Å²) in [4.78, 5) is 16.8. The fourth-order valence-corrected chi connectivity index (χ4v) is 3.69. The second-order valence-corrected chi connectivity index (χ2v) is 7.09. The van der Waals surface area contributed by atoms with Gasteiger partial charge in [-0.15, -0.1) is 11.3 Å². The van der Waals surface area contributed by atoms with Crippen LogP contribution in [0.1, 0.15) is 5.56 Å². The van der Waals surface area contributed by atoms with Gasteiger partial charge < -0.3 is 19.2 Å². The molecule has 4 rings (SSSR count). The molecule has 148 valence electrons. The maximum atomic E-state index is 13.9. The third kappa shape index (κ3) is 3.93. The molecule has 0 spiro atoms. The van der Waals surface area contributed by atoms with Crippen molar-refractivity contribution in [3.8, 4) is 22.8 Å². The molecule has 0 bridgehead atoms. The van der Waals surface area contributed by atoms with Crippen molar-refractivity contribution in [3.63, 3.8) is 0 Å². The van der Waals surface area contributed by atoms with Gasteiger partial charge in [-0.1, -0.05) is 0 Å². The first kappa shape index (κ1) is 18.9. The Morgan fingerprint density at radius 2 is 2.07 bits per heavy atom. The van der Waals surface area contributed by atoms with Crippen LogP contribution in [0.3, 0.4) is 0 Å². The zero-order chi connectivity index (χ0) is 20.4. The van der Waals surface area contributed by atoms with E-state index >= 15 is 0 Å². The van der Waals surface area contributed by atoms with Crippen LogP contribution in [0, 0.1) is 5.82 Å². The Morgan fingerprint density at radius 3 is 2.83 bits per heavy atom. The number of anilines is 1. The van der Waals surface area contributed by atoms with Crippen LogP contribution in [0.15, 0.2) is 52.5 Å². The van der Waals surface area contributed by atoms with Gasteiger partial charge in [0.05, 0.1) is 32.6 Å². The van der Waals surface area contributed by atoms with Crippen LogP contribution in [0.25, 0.3) is 22.2 Å². The number of halogens is 1. The van der Waals surface area contributed by atoms with E-state index in [0.29, 0.717) is 27.7 Å². The van der Waals surface area contributed by atoms with Gasteiger partial charge in [0.2, 0.25) is 5.91 Å². The summed E-state index contributed by atoms with van der Waals surface area (Å²) < 4.78 is 29.5. The third-order valence-electron chi connectivity index (χ3n) is 4.41. The molecule has 1 N–H and O–H groups in total. The van der Waals surface area contributed by atoms with Crippen LogP contribution < -0.4 is 14.8 Å². The predicted octanol–water partition coefficient (Wildman–Crippen LogP) is 4.89. The molecule has 0 radical (unpaired) electrons. The summed E-state index contributed by atoms with van der Waals surface area (Å²) in [6, 6.07) is 10.1. The molecule has 0 aliphatic carbocycles. The molecule has 0 aliphatic heterocycles. The Kier molecular flexibility index (Phi) is 5.18. The smallest absolute Gasteiger partial charge is 0.230 e. The summed E-state index contributed by atoms with van der Waals surface area (Å²) in [6.45, 7) is 0. The van der Waals surface area contributed by atoms with Gasteiger partial charge in [-0.2, -0.15) is 0 Å². The topological polar surface area (TPSA) is 73.6 Å². The molecule has 0 atom stereocenters. The molecule has 0 aliphatic rings. The summed E-state index contributed by atoms with van der Waals surface area (Å²) in [5, 5.41) is 5.84. The van der Waals surface area contributed by atoms with Crippen molar-refractivity contribution in [1.29, 1.82) is 0 Å². The molecule has 4 aromatic rings. The molecule has 29 heavy (non-hydrogen) atoms. The van der Waals surface area contributed by atoms with Gasteiger partial charge in [0.15, 0.2) is 16.7 Å². The molecule has 2 heterocycles. The molecular weight excluding hydrogens is 395 g/mol. The van der Waals surface area contributed by atoms with Gasteiger partial charge in [0.1, 0.15) is 11.3 Å². The van der Waals surface area contributed by atoms with Crippen molar-refractivity contribution in [3.05, 3.63) is 59.4 Å². The fraction of sp³-hybridized carbons (Fsp3) is 0.143. The van der Waals surface area contributed by atoms with Gasteiger partial charge in [-0.05, 0) is 30.3 Å². The number of ether oxygens (including phenoxy) is 2. The number of carbonyl (C=O) groups excluding carboxylic acids is 1. The number of benzene rings is 2. The molecule has 6 nitrogen and oxygen atoms in total. The zero-order valence-corrected chi connectivity index (χ0v) is 16.5. The average Bonchev–Trinajstić information content (AvgIpc) is 3.34. The van der Waals surface area contributed by atoms with Gasteiger partial charge in [-0.25, -0.2) is 9.37 Å². The summed E-state index contributed by atoms with van der Waals surface area (Å²) in [5.74, 6) is 0.174. The van der Waals surface area contributed by atoms with Crippen LogP contribution in [0.4, 0.5) is 9.52 Å². The van der Waals surface area contributed by atoms with Crippen molar-refractivity contribution >= 4 is 33.3 Å². The molecule has 2 aromatic carbocycles. The number of aromatic nitrogens is 1. The van der Waals surface area contributed by atoms with Gasteiger partial charge in [0.25, 0.3) is 0 Å². The van der Waals surface area contributed by atoms with E-state index in [9.17, 15) is 9.18 Å². The lowest BCUT2D eigenvalue weighted by Crippen LogP contribution is -2.13. The highest BCUT2D eigenvalue weighted by molar-refractivity contribution is 7.14. The maximum Gasteiger partial charge on any atom is 0.230 e. The Hall–Kier alpha value is -3.39. The number of hydrogen-bond donors (Lipinski definition) is 1. The predicted molar refractivity (Wildman–Crippen MR) is 109 cm³/mol. The first-order valence-corrected chi connectivity index (χ1v) is 9.58. The summed E-state index contributed by atoms with van der Waals surface area (Å²) in [7, 11) is 3.00. The van der Waals surface area contributed by atoms with Crippen molar-refractivity contribution in [2.45, 2.75) is 6.42 Å². The van der Waals surface area contributed by atoms with E-state index in [1.165, 1.54) is 24.5 Å². The van der Waals surface area contributed by atoms with Gasteiger partial charge in [-0.3, -0.25) is 4.79 Å². The van der Waals surface area contributed by atoms with E-state index in [1.807, 2.05) is 12.1 Å². The van der Waals surface area contributed by atoms with Gasteiger partial charge in [0, 0.05) is 28.0 Å². The number of methoxy groups -OCH3 is 2. The molecule has 1 amide bonds. The number of hydrogen-bond acceptors (Lipinski definition) is 6. The molecular formula is C21H17FN2O4S. The third-order valence-corrected chi connectivity index (χ3v) is 5.17. The first-order chi connectivity index (χ1) is 14.1. The molecule has 0 fully saturated rings. The molecule has 8 heteroatoms. The minimum atomic E-state index is -0.466. The normalized spacial score (nSPS) is 10.9. The monoisotopic (exact) mass is 412 g/mol. The number of amides is 1. The number of thiazole rings is 1. The van der Waals surface area contributed by atoms with Crippen LogP contribution in [0.2, 0.25) is 0 Å². The van der Waals surface area contributed by atoms with E-state index in [0.717, 1.165) is 10.9 Å². The largest absolute Gasteiger partial charge is 0.497 e. The lowest BCUT2D eigenvalue weighted by atomic mass is 10.1. The number of nitrogens with zero attached hydrogens (tertiary/aromatic N) is 1. The lowest BCUT2D eigenvalue weighted by molar-refractivity contribution is -0.115. The highest BCUT2D eigenvalue weighted by atomic mass is 32.1. The number of fused-ring (bicyclic) bond motifs is 1. The summed E-state index contributed by atoms with van der Waals surface area (Å²) in [6.07, 6.45) is 1.71. The molecule has 2 aromatic heterocycles. The minimum Gasteiger partial charge on any atom is -0.497 e. The van der Waals surface area contributed by atoms with E-state index in [4.69, 9.17) is 13.9 Å². The Morgan fingerprint density at radius 1 is 1.21 bits per heavy atom. The van der Waals surface area contributed by atoms with E-state index < -0.39 is 5.82 Å². The average molecular weight is 412 g/mol. The van der Waals surface area contributed by atoms with E-state index in [1.54, 1.807) is 37.0 Å². The van der Waals surface area contributed by atoms with Crippen LogP contribution in [0.5, 0.6) is 11.5 Å². The number of nitrogens with one attached hydrogen (secondary N) is 1. The standard InChI is InChI=1S/C21H17FN2O4S/c1-26-14-4-5-15-13(10-28-19(15)9-14)8-20(25)24-21-23-17(11-29-21)12-3-6-18(27-2)16(22)7-12/h3-7,9-11H,8H2,1-2H3,(H,23,24,25). The number of rotatable bonds is 6. The Labute approximate surface area is 169 Å². The summed E-state index contributed by atoms with van der Waals surface area (Å²) in [5.41, 5.74) is 2.61. The lowest BCUT2D eigenvalue weighted by Gasteiger charge is -2.03. The van der Waals surface area contributed by atoms with E-state index in [-0.39, 0.29) is 18.1 Å². The Bertz CT molecular complexity index is 1180. The highest BCUT2D eigenvalue weighted by Crippen LogP contribution is 2.29. The van der Waals surface area contributed by atoms with Crippen LogP contribution >= 0.6 is 11.3 Å². The molecule has 0 saturated carbocycles. The first-order valence-electron chi connectivity index (χ1n) is 8.71. The van der Waals surface area contributed by atoms with Crippen molar-refractivity contribution in [2.75, 3.05) is 19.5 Å². The van der Waals surface area contributed by atoms with Crippen molar-refractivity contribution in [1.82, 2.24) is 4.98 Å². The Balaban J connectivity index is 1.46. The number of carbonyl (C=O) groups is 1. The molecule has 0 saturated heterocycles. The SMILES string of the molecule is COc1ccc2c(CC(=O)Nc3nc(-c4ccc(OC)c(F)c4)cs3)coc2c1. The summed E-state index contributed by atoms with van der Waals surface area (Å²) >= 11 is 1.27. The minimum absolute atomic E-state index is 0.144. The van der Waals surface area contributed by atoms with E-state index in [2.05, 4.69) is 10.3 Å². The quantitative estimate of drug-likeness (QED) is 0.488. The molecule has 0 unspecified atom stereocenters. The fourth-order valence-electron chi connectivity index (χ4n) is 2.95. The van der Waals surface area contributed by atoms with Crippen molar-refractivity contribution in [2.24, 2.45) is 0 Å². The second-order valence-electron chi connectivity index (χ2n) is 6.24. The zero-order valence-electron chi connectivity index (χ0n) is 15.7. The van der Waals surface area contributed by atoms with Crippen LogP contribution in [-0.2, 0) is 11.2 Å². The van der Waals surface area contributed by atoms with Crippen LogP contribution in [-0.4, -0.2) is 25.1 Å². The van der Waals surface area contributed by atoms with Gasteiger partial charge >= 0.3 is 0 Å². The number of furan rings is 1. The second kappa shape index (κ2) is 7.92.